The highest BCUT2D eigenvalue weighted by atomic mass is 32.2. The Morgan fingerprint density at radius 1 is 1.23 bits per heavy atom. The minimum Gasteiger partial charge on any atom is -0.385 e. The van der Waals surface area contributed by atoms with Crippen molar-refractivity contribution in [1.29, 1.82) is 0 Å². The molecule has 0 radical (unpaired) electrons. The summed E-state index contributed by atoms with van der Waals surface area (Å²) in [5.74, 6) is 3.74. The topological polar surface area (TPSA) is 79.6 Å². The fraction of sp³-hybridized carbons (Fsp3) is 0.824. The number of aryl methyl sites for hydroxylation is 1. The van der Waals surface area contributed by atoms with Crippen LogP contribution in [0.4, 0.5) is 0 Å². The Balaban J connectivity index is 2.46. The smallest absolute Gasteiger partial charge is 0.191 e. The molecule has 0 unspecified atom stereocenters. The molecule has 0 bridgehead atoms. The van der Waals surface area contributed by atoms with Crippen LogP contribution in [-0.4, -0.2) is 84.6 Å². The quantitative estimate of drug-likeness (QED) is 0.296. The number of aromatic nitrogens is 3. The first kappa shape index (κ1) is 22.7. The van der Waals surface area contributed by atoms with Gasteiger partial charge >= 0.3 is 0 Å². The Kier molecular flexibility index (Phi) is 12.1. The number of hydrogen-bond acceptors (Lipinski definition) is 6. The first-order chi connectivity index (χ1) is 12.6. The Labute approximate surface area is 162 Å². The second-order valence-electron chi connectivity index (χ2n) is 6.24. The van der Waals surface area contributed by atoms with Crippen molar-refractivity contribution in [3.8, 4) is 0 Å². The van der Waals surface area contributed by atoms with E-state index in [1.54, 1.807) is 7.11 Å². The van der Waals surface area contributed by atoms with E-state index >= 15 is 0 Å². The van der Waals surface area contributed by atoms with Crippen molar-refractivity contribution in [3.63, 3.8) is 0 Å². The van der Waals surface area contributed by atoms with Crippen molar-refractivity contribution in [1.82, 2.24) is 30.3 Å². The summed E-state index contributed by atoms with van der Waals surface area (Å²) in [7, 11) is 5.84. The monoisotopic (exact) mass is 385 g/mol. The number of ether oxygens (including phenoxy) is 1. The molecule has 26 heavy (non-hydrogen) atoms. The second-order valence-corrected chi connectivity index (χ2v) is 7.22. The fourth-order valence-corrected chi connectivity index (χ4v) is 2.72. The number of methoxy groups -OCH3 is 1. The third kappa shape index (κ3) is 9.40. The number of thioether (sulfide) groups is 1. The van der Waals surface area contributed by atoms with Crippen LogP contribution in [0.5, 0.6) is 0 Å². The van der Waals surface area contributed by atoms with Gasteiger partial charge in [0.1, 0.15) is 12.4 Å². The molecule has 0 aromatic carbocycles. The summed E-state index contributed by atoms with van der Waals surface area (Å²) in [4.78, 5) is 6.96. The maximum atomic E-state index is 5.10. The lowest BCUT2D eigenvalue weighted by atomic mass is 10.4. The highest BCUT2D eigenvalue weighted by molar-refractivity contribution is 7.98. The molecule has 0 aliphatic heterocycles. The molecule has 0 saturated heterocycles. The molecule has 150 valence electrons. The van der Waals surface area contributed by atoms with Gasteiger partial charge in [0.15, 0.2) is 11.8 Å². The number of likely N-dealkylation sites (N-methyl/N-ethyl adjacent to an activating group) is 1. The van der Waals surface area contributed by atoms with Crippen LogP contribution in [0.15, 0.2) is 4.99 Å². The van der Waals surface area contributed by atoms with Gasteiger partial charge < -0.3 is 24.8 Å². The lowest BCUT2D eigenvalue weighted by Crippen LogP contribution is -2.41. The summed E-state index contributed by atoms with van der Waals surface area (Å²) in [6.45, 7) is 7.00. The first-order valence-corrected chi connectivity index (χ1v) is 10.5. The standard InChI is InChI=1S/C17H35N7OS/c1-15-21-22-16(24(15)3)14-20-17(18-8-6-13-26-5)19-9-11-23(2)10-7-12-25-4/h6-14H2,1-5H3,(H2,18,19,20). The molecule has 8 nitrogen and oxygen atoms in total. The molecule has 0 aliphatic rings. The third-order valence-corrected chi connectivity index (χ3v) is 4.75. The summed E-state index contributed by atoms with van der Waals surface area (Å²) in [6, 6.07) is 0. The van der Waals surface area contributed by atoms with Gasteiger partial charge in [-0.2, -0.15) is 11.8 Å². The van der Waals surface area contributed by atoms with Gasteiger partial charge in [-0.3, -0.25) is 0 Å². The zero-order chi connectivity index (χ0) is 19.2. The Morgan fingerprint density at radius 2 is 2.00 bits per heavy atom. The zero-order valence-electron chi connectivity index (χ0n) is 16.9. The normalized spacial score (nSPS) is 12.0. The number of aliphatic imine (C=N–C) groups is 1. The van der Waals surface area contributed by atoms with Crippen molar-refractivity contribution in [2.75, 3.05) is 59.0 Å². The Morgan fingerprint density at radius 3 is 2.65 bits per heavy atom. The summed E-state index contributed by atoms with van der Waals surface area (Å²) in [6.07, 6.45) is 4.29. The van der Waals surface area contributed by atoms with Crippen LogP contribution in [0.25, 0.3) is 0 Å². The van der Waals surface area contributed by atoms with E-state index in [-0.39, 0.29) is 0 Å². The Bertz CT molecular complexity index is 521. The zero-order valence-corrected chi connectivity index (χ0v) is 17.7. The van der Waals surface area contributed by atoms with Gasteiger partial charge in [-0.25, -0.2) is 4.99 Å². The van der Waals surface area contributed by atoms with Gasteiger partial charge in [0.2, 0.25) is 0 Å². The van der Waals surface area contributed by atoms with E-state index in [0.717, 1.165) is 69.0 Å². The second kappa shape index (κ2) is 13.8. The number of nitrogens with one attached hydrogen (secondary N) is 2. The average molecular weight is 386 g/mol. The Hall–Kier alpha value is -1.32. The predicted molar refractivity (Wildman–Crippen MR) is 110 cm³/mol. The van der Waals surface area contributed by atoms with Crippen LogP contribution in [0.3, 0.4) is 0 Å². The minimum atomic E-state index is 0.513. The highest BCUT2D eigenvalue weighted by Crippen LogP contribution is 1.99. The number of guanidine groups is 1. The number of rotatable bonds is 13. The van der Waals surface area contributed by atoms with Gasteiger partial charge in [0, 0.05) is 46.9 Å². The lowest BCUT2D eigenvalue weighted by molar-refractivity contribution is 0.180. The van der Waals surface area contributed by atoms with Crippen molar-refractivity contribution < 1.29 is 4.74 Å². The van der Waals surface area contributed by atoms with Crippen LogP contribution >= 0.6 is 11.8 Å². The van der Waals surface area contributed by atoms with Gasteiger partial charge in [-0.15, -0.1) is 10.2 Å². The van der Waals surface area contributed by atoms with Crippen molar-refractivity contribution in [2.45, 2.75) is 26.3 Å². The van der Waals surface area contributed by atoms with E-state index in [0.29, 0.717) is 6.54 Å². The molecule has 1 heterocycles. The molecular weight excluding hydrogens is 350 g/mol. The van der Waals surface area contributed by atoms with E-state index in [9.17, 15) is 0 Å². The van der Waals surface area contributed by atoms with Crippen LogP contribution in [-0.2, 0) is 18.3 Å². The number of hydrogen-bond donors (Lipinski definition) is 2. The van der Waals surface area contributed by atoms with Crippen LogP contribution in [0, 0.1) is 6.92 Å². The summed E-state index contributed by atoms with van der Waals surface area (Å²) in [5.41, 5.74) is 0. The highest BCUT2D eigenvalue weighted by Gasteiger charge is 2.05. The minimum absolute atomic E-state index is 0.513. The van der Waals surface area contributed by atoms with Gasteiger partial charge in [-0.1, -0.05) is 0 Å². The summed E-state index contributed by atoms with van der Waals surface area (Å²) >= 11 is 1.86. The summed E-state index contributed by atoms with van der Waals surface area (Å²) < 4.78 is 7.07. The molecule has 1 rings (SSSR count). The van der Waals surface area contributed by atoms with E-state index < -0.39 is 0 Å². The van der Waals surface area contributed by atoms with E-state index in [1.165, 1.54) is 0 Å². The van der Waals surface area contributed by atoms with E-state index in [1.807, 2.05) is 30.3 Å². The molecular formula is C17H35N7OS. The number of nitrogens with zero attached hydrogens (tertiary/aromatic N) is 5. The molecule has 0 fully saturated rings. The molecule has 0 saturated carbocycles. The molecule has 0 aliphatic carbocycles. The van der Waals surface area contributed by atoms with Gasteiger partial charge in [0.05, 0.1) is 0 Å². The average Bonchev–Trinajstić information content (AvgIpc) is 2.95. The molecule has 9 heteroatoms. The first-order valence-electron chi connectivity index (χ1n) is 9.12. The SMILES string of the molecule is COCCCN(C)CCNC(=NCc1nnc(C)n1C)NCCCSC. The molecule has 1 aromatic heterocycles. The van der Waals surface area contributed by atoms with E-state index in [4.69, 9.17) is 4.74 Å². The third-order valence-electron chi connectivity index (χ3n) is 4.05. The largest absolute Gasteiger partial charge is 0.385 e. The maximum absolute atomic E-state index is 5.10. The van der Waals surface area contributed by atoms with Crippen molar-refractivity contribution in [2.24, 2.45) is 12.0 Å². The molecule has 0 spiro atoms. The van der Waals surface area contributed by atoms with Gasteiger partial charge in [-0.05, 0) is 38.8 Å². The predicted octanol–water partition coefficient (Wildman–Crippen LogP) is 0.880. The molecule has 1 aromatic rings. The molecule has 0 amide bonds. The molecule has 2 N–H and O–H groups in total. The van der Waals surface area contributed by atoms with Crippen LogP contribution in [0.2, 0.25) is 0 Å². The fourth-order valence-electron chi connectivity index (χ4n) is 2.29. The van der Waals surface area contributed by atoms with Crippen LogP contribution in [0.1, 0.15) is 24.5 Å². The van der Waals surface area contributed by atoms with Gasteiger partial charge in [0.25, 0.3) is 0 Å². The van der Waals surface area contributed by atoms with Crippen LogP contribution < -0.4 is 10.6 Å². The summed E-state index contributed by atoms with van der Waals surface area (Å²) in [5, 5.41) is 15.1. The lowest BCUT2D eigenvalue weighted by Gasteiger charge is -2.18. The van der Waals surface area contributed by atoms with Crippen molar-refractivity contribution >= 4 is 17.7 Å². The van der Waals surface area contributed by atoms with E-state index in [2.05, 4.69) is 44.0 Å². The van der Waals surface area contributed by atoms with Crippen molar-refractivity contribution in [3.05, 3.63) is 11.6 Å². The maximum Gasteiger partial charge on any atom is 0.191 e. The molecule has 0 atom stereocenters.